The van der Waals surface area contributed by atoms with Crippen LogP contribution >= 0.6 is 0 Å². The summed E-state index contributed by atoms with van der Waals surface area (Å²) in [7, 11) is 1.38. The van der Waals surface area contributed by atoms with E-state index in [-0.39, 0.29) is 24.3 Å². The van der Waals surface area contributed by atoms with Crippen molar-refractivity contribution in [2.24, 2.45) is 0 Å². The number of hydrogen-bond donors (Lipinski definition) is 1. The Labute approximate surface area is 156 Å². The fourth-order valence-electron chi connectivity index (χ4n) is 3.28. The average Bonchev–Trinajstić information content (AvgIpc) is 2.64. The van der Waals surface area contributed by atoms with Crippen molar-refractivity contribution >= 4 is 11.9 Å². The highest BCUT2D eigenvalue weighted by Gasteiger charge is 2.21. The fourth-order valence-corrected chi connectivity index (χ4v) is 3.28. The van der Waals surface area contributed by atoms with Crippen LogP contribution in [0.25, 0.3) is 0 Å². The molecule has 2 rings (SSSR count). The van der Waals surface area contributed by atoms with Gasteiger partial charge in [0, 0.05) is 38.8 Å². The summed E-state index contributed by atoms with van der Waals surface area (Å²) in [6.07, 6.45) is 1.94. The zero-order valence-corrected chi connectivity index (χ0v) is 15.9. The summed E-state index contributed by atoms with van der Waals surface area (Å²) in [6.45, 7) is 7.08. The van der Waals surface area contributed by atoms with Crippen LogP contribution in [0.15, 0.2) is 30.3 Å². The van der Waals surface area contributed by atoms with E-state index in [1.165, 1.54) is 12.7 Å². The van der Waals surface area contributed by atoms with Gasteiger partial charge in [-0.15, -0.1) is 0 Å². The van der Waals surface area contributed by atoms with Gasteiger partial charge in [0.05, 0.1) is 20.1 Å². The predicted molar refractivity (Wildman–Crippen MR) is 102 cm³/mol. The third kappa shape index (κ3) is 7.14. The van der Waals surface area contributed by atoms with Crippen molar-refractivity contribution in [3.8, 4) is 0 Å². The smallest absolute Gasteiger partial charge is 0.307 e. The molecular weight excluding hydrogens is 330 g/mol. The van der Waals surface area contributed by atoms with E-state index in [0.29, 0.717) is 6.54 Å². The lowest BCUT2D eigenvalue weighted by atomic mass is 10.1. The lowest BCUT2D eigenvalue weighted by molar-refractivity contribution is -0.141. The third-order valence-corrected chi connectivity index (χ3v) is 4.72. The van der Waals surface area contributed by atoms with Gasteiger partial charge in [0.15, 0.2) is 0 Å². The Hall–Kier alpha value is -1.92. The Balaban J connectivity index is 1.72. The molecule has 1 aromatic rings. The predicted octanol–water partition coefficient (Wildman–Crippen LogP) is 1.65. The van der Waals surface area contributed by atoms with E-state index >= 15 is 0 Å². The lowest BCUT2D eigenvalue weighted by Gasteiger charge is -2.34. The topological polar surface area (TPSA) is 61.9 Å². The molecule has 0 radical (unpaired) electrons. The Morgan fingerprint density at radius 2 is 1.77 bits per heavy atom. The highest BCUT2D eigenvalue weighted by molar-refractivity contribution is 5.79. The second-order valence-corrected chi connectivity index (χ2v) is 6.87. The molecule has 0 aromatic heterocycles. The number of hydrogen-bond acceptors (Lipinski definition) is 5. The van der Waals surface area contributed by atoms with Crippen LogP contribution in [0.4, 0.5) is 0 Å². The molecule has 0 saturated carbocycles. The first kappa shape index (κ1) is 20.4. The van der Waals surface area contributed by atoms with Crippen molar-refractivity contribution in [1.82, 2.24) is 15.1 Å². The van der Waals surface area contributed by atoms with E-state index in [0.717, 1.165) is 45.6 Å². The van der Waals surface area contributed by atoms with E-state index in [1.807, 2.05) is 13.0 Å². The number of piperazine rings is 1. The molecule has 1 N–H and O–H groups in total. The molecule has 1 amide bonds. The quantitative estimate of drug-likeness (QED) is 0.678. The number of rotatable bonds is 9. The fraction of sp³-hybridized carbons (Fsp3) is 0.600. The van der Waals surface area contributed by atoms with Crippen LogP contribution in [0.3, 0.4) is 0 Å². The van der Waals surface area contributed by atoms with Crippen LogP contribution in [0, 0.1) is 0 Å². The van der Waals surface area contributed by atoms with Crippen molar-refractivity contribution < 1.29 is 14.3 Å². The Morgan fingerprint density at radius 1 is 1.12 bits per heavy atom. The number of ether oxygens (including phenoxy) is 1. The summed E-state index contributed by atoms with van der Waals surface area (Å²) in [4.78, 5) is 28.4. The average molecular weight is 361 g/mol. The first-order valence-electron chi connectivity index (χ1n) is 9.45. The molecule has 1 aliphatic rings. The van der Waals surface area contributed by atoms with Crippen molar-refractivity contribution in [2.75, 3.05) is 39.8 Å². The van der Waals surface area contributed by atoms with E-state index in [9.17, 15) is 9.59 Å². The molecule has 0 bridgehead atoms. The van der Waals surface area contributed by atoms with Crippen LogP contribution in [0.2, 0.25) is 0 Å². The minimum absolute atomic E-state index is 0.0103. The van der Waals surface area contributed by atoms with Crippen LogP contribution < -0.4 is 5.32 Å². The van der Waals surface area contributed by atoms with Crippen LogP contribution in [0.5, 0.6) is 0 Å². The summed E-state index contributed by atoms with van der Waals surface area (Å²) < 4.78 is 4.71. The Morgan fingerprint density at radius 3 is 2.38 bits per heavy atom. The molecule has 6 nitrogen and oxygen atoms in total. The highest BCUT2D eigenvalue weighted by Crippen LogP contribution is 2.09. The highest BCUT2D eigenvalue weighted by atomic mass is 16.5. The van der Waals surface area contributed by atoms with Crippen LogP contribution in [0.1, 0.15) is 31.7 Å². The zero-order chi connectivity index (χ0) is 18.8. The Kier molecular flexibility index (Phi) is 8.58. The van der Waals surface area contributed by atoms with Gasteiger partial charge < -0.3 is 10.1 Å². The largest absolute Gasteiger partial charge is 0.469 e. The SMILES string of the molecule is CCCC(CC(=O)OC)NC(=O)CN1CCN(Cc2ccccc2)CC1. The van der Waals surface area contributed by atoms with E-state index in [2.05, 4.69) is 39.4 Å². The molecule has 26 heavy (non-hydrogen) atoms. The number of nitrogens with one attached hydrogen (secondary N) is 1. The van der Waals surface area contributed by atoms with Gasteiger partial charge in [0.2, 0.25) is 5.91 Å². The second-order valence-electron chi connectivity index (χ2n) is 6.87. The summed E-state index contributed by atoms with van der Waals surface area (Å²) in [5.74, 6) is -0.290. The molecule has 1 aliphatic heterocycles. The van der Waals surface area contributed by atoms with Crippen LogP contribution in [-0.2, 0) is 20.9 Å². The summed E-state index contributed by atoms with van der Waals surface area (Å²) in [5.41, 5.74) is 1.32. The van der Waals surface area contributed by atoms with Gasteiger partial charge in [-0.05, 0) is 12.0 Å². The summed E-state index contributed by atoms with van der Waals surface area (Å²) in [5, 5.41) is 2.99. The molecule has 1 fully saturated rings. The first-order valence-corrected chi connectivity index (χ1v) is 9.45. The number of methoxy groups -OCH3 is 1. The summed E-state index contributed by atoms with van der Waals surface area (Å²) >= 11 is 0. The number of esters is 1. The molecule has 1 saturated heterocycles. The van der Waals surface area contributed by atoms with Crippen molar-refractivity contribution in [3.63, 3.8) is 0 Å². The van der Waals surface area contributed by atoms with E-state index in [4.69, 9.17) is 4.74 Å². The van der Waals surface area contributed by atoms with Gasteiger partial charge in [0.25, 0.3) is 0 Å². The first-order chi connectivity index (χ1) is 12.6. The van der Waals surface area contributed by atoms with Gasteiger partial charge in [-0.25, -0.2) is 0 Å². The standard InChI is InChI=1S/C20H31N3O3/c1-3-7-18(14-20(25)26-2)21-19(24)16-23-12-10-22(11-13-23)15-17-8-5-4-6-9-17/h4-6,8-9,18H,3,7,10-16H2,1-2H3,(H,21,24). The van der Waals surface area contributed by atoms with Gasteiger partial charge in [-0.2, -0.15) is 0 Å². The molecule has 1 heterocycles. The third-order valence-electron chi connectivity index (χ3n) is 4.72. The second kappa shape index (κ2) is 10.9. The maximum absolute atomic E-state index is 12.3. The molecule has 1 atom stereocenters. The lowest BCUT2D eigenvalue weighted by Crippen LogP contribution is -2.50. The molecule has 6 heteroatoms. The molecular formula is C20H31N3O3. The van der Waals surface area contributed by atoms with Gasteiger partial charge in [-0.3, -0.25) is 19.4 Å². The zero-order valence-electron chi connectivity index (χ0n) is 15.9. The maximum Gasteiger partial charge on any atom is 0.307 e. The number of carbonyl (C=O) groups is 2. The van der Waals surface area contributed by atoms with E-state index in [1.54, 1.807) is 0 Å². The van der Waals surface area contributed by atoms with Crippen molar-refractivity contribution in [1.29, 1.82) is 0 Å². The number of amides is 1. The number of nitrogens with zero attached hydrogens (tertiary/aromatic N) is 2. The molecule has 144 valence electrons. The molecule has 1 aromatic carbocycles. The van der Waals surface area contributed by atoms with Gasteiger partial charge in [-0.1, -0.05) is 43.7 Å². The van der Waals surface area contributed by atoms with Crippen molar-refractivity contribution in [2.45, 2.75) is 38.8 Å². The maximum atomic E-state index is 12.3. The molecule has 0 spiro atoms. The van der Waals surface area contributed by atoms with Gasteiger partial charge in [0.1, 0.15) is 0 Å². The Bertz CT molecular complexity index is 557. The minimum Gasteiger partial charge on any atom is -0.469 e. The van der Waals surface area contributed by atoms with Gasteiger partial charge >= 0.3 is 5.97 Å². The molecule has 1 unspecified atom stereocenters. The van der Waals surface area contributed by atoms with Crippen molar-refractivity contribution in [3.05, 3.63) is 35.9 Å². The molecule has 0 aliphatic carbocycles. The monoisotopic (exact) mass is 361 g/mol. The minimum atomic E-state index is -0.279. The number of carbonyl (C=O) groups excluding carboxylic acids is 2. The normalized spacial score (nSPS) is 16.8. The van der Waals surface area contributed by atoms with E-state index < -0.39 is 0 Å². The number of benzene rings is 1. The van der Waals surface area contributed by atoms with Crippen LogP contribution in [-0.4, -0.2) is 67.6 Å². The summed E-state index contributed by atoms with van der Waals surface area (Å²) in [6, 6.07) is 10.3.